The molecule has 2 aromatic rings. The van der Waals surface area contributed by atoms with Crippen LogP contribution in [-0.2, 0) is 6.42 Å². The van der Waals surface area contributed by atoms with E-state index in [-0.39, 0.29) is 10.6 Å². The molecule has 0 saturated heterocycles. The Hall–Kier alpha value is -2.00. The minimum atomic E-state index is -1.28. The van der Waals surface area contributed by atoms with Crippen LogP contribution >= 0.6 is 11.3 Å². The topological polar surface area (TPSA) is 94.9 Å². The summed E-state index contributed by atoms with van der Waals surface area (Å²) in [6.45, 7) is 0.356. The van der Waals surface area contributed by atoms with E-state index in [1.54, 1.807) is 0 Å². The number of nitrogens with two attached hydrogens (primary N) is 1. The van der Waals surface area contributed by atoms with E-state index in [4.69, 9.17) is 5.73 Å². The van der Waals surface area contributed by atoms with E-state index >= 15 is 0 Å². The Balaban J connectivity index is 2.53. The lowest BCUT2D eigenvalue weighted by Gasteiger charge is -2.00. The van der Waals surface area contributed by atoms with Crippen LogP contribution in [0.2, 0.25) is 0 Å². The molecule has 6 nitrogen and oxygen atoms in total. The van der Waals surface area contributed by atoms with E-state index in [9.17, 15) is 18.9 Å². The third-order valence-electron chi connectivity index (χ3n) is 2.29. The van der Waals surface area contributed by atoms with Crippen LogP contribution in [-0.4, -0.2) is 21.7 Å². The molecule has 0 bridgehead atoms. The molecule has 0 aliphatic heterocycles. The Labute approximate surface area is 110 Å². The molecular weight excluding hydrogens is 278 g/mol. The Bertz CT molecular complexity index is 632. The molecule has 0 unspecified atom stereocenters. The summed E-state index contributed by atoms with van der Waals surface area (Å²) in [5.74, 6) is -2.45. The summed E-state index contributed by atoms with van der Waals surface area (Å²) >= 11 is 1.06. The van der Waals surface area contributed by atoms with Crippen LogP contribution < -0.4 is 5.73 Å². The summed E-state index contributed by atoms with van der Waals surface area (Å²) in [5.41, 5.74) is 4.71. The van der Waals surface area contributed by atoms with Gasteiger partial charge in [0.05, 0.1) is 16.6 Å². The maximum Gasteiger partial charge on any atom is 0.282 e. The molecule has 9 heteroatoms. The molecular formula is C10H8F2N4O2S. The van der Waals surface area contributed by atoms with Crippen LogP contribution in [0.15, 0.2) is 12.1 Å². The normalized spacial score (nSPS) is 10.7. The number of halogens is 2. The molecule has 0 amide bonds. The molecule has 2 rings (SSSR count). The predicted molar refractivity (Wildman–Crippen MR) is 64.7 cm³/mol. The second-order valence-corrected chi connectivity index (χ2v) is 4.64. The summed E-state index contributed by atoms with van der Waals surface area (Å²) in [5, 5.41) is 19.1. The lowest BCUT2D eigenvalue weighted by molar-refractivity contribution is -0.384. The fourth-order valence-electron chi connectivity index (χ4n) is 1.45. The van der Waals surface area contributed by atoms with Crippen LogP contribution in [0.1, 0.15) is 5.01 Å². The highest BCUT2D eigenvalue weighted by molar-refractivity contribution is 7.14. The molecule has 2 N–H and O–H groups in total. The number of nitro groups is 1. The van der Waals surface area contributed by atoms with Crippen molar-refractivity contribution in [1.82, 2.24) is 10.2 Å². The van der Waals surface area contributed by atoms with E-state index in [2.05, 4.69) is 10.2 Å². The van der Waals surface area contributed by atoms with Gasteiger partial charge in [0.2, 0.25) is 0 Å². The first kappa shape index (κ1) is 13.4. The first-order valence-electron chi connectivity index (χ1n) is 5.19. The minimum absolute atomic E-state index is 0.0929. The number of nitrogens with zero attached hydrogens (tertiary/aromatic N) is 3. The van der Waals surface area contributed by atoms with Gasteiger partial charge in [-0.1, -0.05) is 11.3 Å². The molecule has 0 spiro atoms. The molecule has 0 aliphatic carbocycles. The Morgan fingerprint density at radius 2 is 2.00 bits per heavy atom. The molecule has 0 saturated carbocycles. The number of hydrogen-bond donors (Lipinski definition) is 1. The Morgan fingerprint density at radius 1 is 1.32 bits per heavy atom. The van der Waals surface area contributed by atoms with E-state index in [0.717, 1.165) is 17.4 Å². The maximum absolute atomic E-state index is 13.2. The third kappa shape index (κ3) is 2.71. The highest BCUT2D eigenvalue weighted by Crippen LogP contribution is 2.33. The van der Waals surface area contributed by atoms with Gasteiger partial charge in [-0.15, -0.1) is 10.2 Å². The average molecular weight is 286 g/mol. The number of aromatic nitrogens is 2. The third-order valence-corrected chi connectivity index (χ3v) is 3.31. The molecule has 0 atom stereocenters. The minimum Gasteiger partial charge on any atom is -0.330 e. The highest BCUT2D eigenvalue weighted by atomic mass is 32.1. The van der Waals surface area contributed by atoms with Crippen molar-refractivity contribution in [1.29, 1.82) is 0 Å². The lowest BCUT2D eigenvalue weighted by Crippen LogP contribution is -2.01. The van der Waals surface area contributed by atoms with Gasteiger partial charge >= 0.3 is 0 Å². The van der Waals surface area contributed by atoms with Gasteiger partial charge in [0, 0.05) is 6.42 Å². The first-order valence-corrected chi connectivity index (χ1v) is 6.01. The van der Waals surface area contributed by atoms with E-state index in [0.29, 0.717) is 24.0 Å². The Kier molecular flexibility index (Phi) is 3.76. The SMILES string of the molecule is NCCc1nnc(-c2cc(F)c(F)cc2[N+](=O)[O-])s1. The van der Waals surface area contributed by atoms with E-state index in [1.165, 1.54) is 0 Å². The van der Waals surface area contributed by atoms with Crippen molar-refractivity contribution in [2.24, 2.45) is 5.73 Å². The predicted octanol–water partition coefficient (Wildman–Crippen LogP) is 1.89. The number of nitro benzene ring substituents is 1. The van der Waals surface area contributed by atoms with Gasteiger partial charge in [-0.05, 0) is 12.6 Å². The van der Waals surface area contributed by atoms with Crippen molar-refractivity contribution in [2.45, 2.75) is 6.42 Å². The zero-order chi connectivity index (χ0) is 14.0. The number of rotatable bonds is 4. The summed E-state index contributed by atoms with van der Waals surface area (Å²) in [7, 11) is 0. The number of hydrogen-bond acceptors (Lipinski definition) is 6. The highest BCUT2D eigenvalue weighted by Gasteiger charge is 2.22. The molecule has 0 fully saturated rings. The van der Waals surface area contributed by atoms with Crippen LogP contribution in [0, 0.1) is 21.7 Å². The summed E-state index contributed by atoms with van der Waals surface area (Å²) in [4.78, 5) is 10.1. The van der Waals surface area contributed by atoms with Gasteiger partial charge in [0.25, 0.3) is 5.69 Å². The van der Waals surface area contributed by atoms with E-state index in [1.807, 2.05) is 0 Å². The molecule has 1 aromatic carbocycles. The molecule has 100 valence electrons. The molecule has 0 radical (unpaired) electrons. The second kappa shape index (κ2) is 5.33. The monoisotopic (exact) mass is 286 g/mol. The standard InChI is InChI=1S/C10H8F2N4O2S/c11-6-3-5(8(16(17)18)4-7(6)12)10-15-14-9(19-10)1-2-13/h3-4H,1-2,13H2. The Morgan fingerprint density at radius 3 is 2.63 bits per heavy atom. The molecule has 0 aliphatic rings. The largest absolute Gasteiger partial charge is 0.330 e. The fourth-order valence-corrected chi connectivity index (χ4v) is 2.33. The number of benzene rings is 1. The van der Waals surface area contributed by atoms with Gasteiger partial charge in [0.15, 0.2) is 16.6 Å². The lowest BCUT2D eigenvalue weighted by atomic mass is 10.2. The maximum atomic E-state index is 13.2. The smallest absolute Gasteiger partial charge is 0.282 e. The summed E-state index contributed by atoms with van der Waals surface area (Å²) < 4.78 is 26.2. The fraction of sp³-hybridized carbons (Fsp3) is 0.200. The van der Waals surface area contributed by atoms with Crippen molar-refractivity contribution in [2.75, 3.05) is 6.54 Å². The molecule has 19 heavy (non-hydrogen) atoms. The van der Waals surface area contributed by atoms with Crippen LogP contribution in [0.5, 0.6) is 0 Å². The quantitative estimate of drug-likeness (QED) is 0.684. The van der Waals surface area contributed by atoms with Gasteiger partial charge < -0.3 is 5.73 Å². The van der Waals surface area contributed by atoms with Crippen molar-refractivity contribution in [3.8, 4) is 10.6 Å². The van der Waals surface area contributed by atoms with Crippen LogP contribution in [0.25, 0.3) is 10.6 Å². The molecule has 1 heterocycles. The van der Waals surface area contributed by atoms with Crippen molar-refractivity contribution in [3.05, 3.63) is 38.9 Å². The van der Waals surface area contributed by atoms with Gasteiger partial charge in [-0.25, -0.2) is 8.78 Å². The van der Waals surface area contributed by atoms with Crippen LogP contribution in [0.3, 0.4) is 0 Å². The summed E-state index contributed by atoms with van der Waals surface area (Å²) in [6.07, 6.45) is 0.467. The van der Waals surface area contributed by atoms with E-state index < -0.39 is 22.2 Å². The van der Waals surface area contributed by atoms with Crippen molar-refractivity contribution >= 4 is 17.0 Å². The van der Waals surface area contributed by atoms with Gasteiger partial charge in [-0.3, -0.25) is 10.1 Å². The average Bonchev–Trinajstić information content (AvgIpc) is 2.81. The zero-order valence-corrected chi connectivity index (χ0v) is 10.3. The second-order valence-electron chi connectivity index (χ2n) is 3.58. The zero-order valence-electron chi connectivity index (χ0n) is 9.47. The first-order chi connectivity index (χ1) is 9.02. The van der Waals surface area contributed by atoms with Gasteiger partial charge in [-0.2, -0.15) is 0 Å². The van der Waals surface area contributed by atoms with Crippen molar-refractivity contribution in [3.63, 3.8) is 0 Å². The molecule has 1 aromatic heterocycles. The van der Waals surface area contributed by atoms with Crippen LogP contribution in [0.4, 0.5) is 14.5 Å². The van der Waals surface area contributed by atoms with Crippen molar-refractivity contribution < 1.29 is 13.7 Å². The summed E-state index contributed by atoms with van der Waals surface area (Å²) in [6, 6.07) is 1.29. The van der Waals surface area contributed by atoms with Gasteiger partial charge in [0.1, 0.15) is 5.01 Å².